The van der Waals surface area contributed by atoms with Gasteiger partial charge in [-0.25, -0.2) is 4.79 Å². The summed E-state index contributed by atoms with van der Waals surface area (Å²) in [6, 6.07) is 11.4. The third-order valence-corrected chi connectivity index (χ3v) is 6.00. The van der Waals surface area contributed by atoms with Crippen LogP contribution < -0.4 is 15.5 Å². The Morgan fingerprint density at radius 2 is 1.83 bits per heavy atom. The van der Waals surface area contributed by atoms with Gasteiger partial charge in [-0.2, -0.15) is 18.4 Å². The average Bonchev–Trinajstić information content (AvgIpc) is 2.84. The van der Waals surface area contributed by atoms with Crippen molar-refractivity contribution in [3.8, 4) is 6.07 Å². The van der Waals surface area contributed by atoms with Crippen molar-refractivity contribution in [3.63, 3.8) is 0 Å². The SMILES string of the molecule is CCN(c1ccc(C(CC(=O)O)C(F)(F)F)cc1NC(=O)Nc1ccc(C#N)cc1)C1CCOCC1. The van der Waals surface area contributed by atoms with E-state index in [2.05, 4.69) is 10.6 Å². The number of ether oxygens (including phenoxy) is 1. The second-order valence-corrected chi connectivity index (χ2v) is 8.37. The second kappa shape index (κ2) is 11.8. The molecule has 1 aliphatic rings. The molecule has 0 spiro atoms. The van der Waals surface area contributed by atoms with Gasteiger partial charge in [0.15, 0.2) is 0 Å². The van der Waals surface area contributed by atoms with E-state index < -0.39 is 30.5 Å². The average molecular weight is 505 g/mol. The largest absolute Gasteiger partial charge is 0.481 e. The summed E-state index contributed by atoms with van der Waals surface area (Å²) in [7, 11) is 0. The number of nitriles is 1. The van der Waals surface area contributed by atoms with Crippen molar-refractivity contribution in [2.75, 3.05) is 35.3 Å². The molecule has 11 heteroatoms. The van der Waals surface area contributed by atoms with Crippen molar-refractivity contribution in [2.24, 2.45) is 0 Å². The van der Waals surface area contributed by atoms with Crippen LogP contribution in [0.3, 0.4) is 0 Å². The van der Waals surface area contributed by atoms with E-state index >= 15 is 0 Å². The van der Waals surface area contributed by atoms with Gasteiger partial charge in [-0.3, -0.25) is 4.79 Å². The fraction of sp³-hybridized carbons (Fsp3) is 0.400. The first-order chi connectivity index (χ1) is 17.1. The molecule has 1 fully saturated rings. The lowest BCUT2D eigenvalue weighted by Crippen LogP contribution is -2.40. The molecule has 1 unspecified atom stereocenters. The molecular formula is C25H27F3N4O4. The summed E-state index contributed by atoms with van der Waals surface area (Å²) in [5.41, 5.74) is 1.19. The Balaban J connectivity index is 1.96. The smallest absolute Gasteiger partial charge is 0.396 e. The van der Waals surface area contributed by atoms with Crippen LogP contribution in [0.25, 0.3) is 0 Å². The molecule has 2 aromatic rings. The Kier molecular flexibility index (Phi) is 8.77. The van der Waals surface area contributed by atoms with Crippen LogP contribution in [-0.4, -0.2) is 49.1 Å². The fourth-order valence-corrected chi connectivity index (χ4v) is 4.25. The maximum absolute atomic E-state index is 13.7. The predicted molar refractivity (Wildman–Crippen MR) is 128 cm³/mol. The third-order valence-electron chi connectivity index (χ3n) is 6.00. The summed E-state index contributed by atoms with van der Waals surface area (Å²) in [4.78, 5) is 25.9. The van der Waals surface area contributed by atoms with Gasteiger partial charge in [0, 0.05) is 31.5 Å². The van der Waals surface area contributed by atoms with Crippen molar-refractivity contribution >= 4 is 29.1 Å². The molecule has 1 heterocycles. The molecule has 36 heavy (non-hydrogen) atoms. The number of carboxylic acid groups (broad SMARTS) is 1. The first kappa shape index (κ1) is 26.8. The van der Waals surface area contributed by atoms with Crippen LogP contribution in [0.4, 0.5) is 35.0 Å². The molecule has 3 N–H and O–H groups in total. The number of benzene rings is 2. The zero-order valence-corrected chi connectivity index (χ0v) is 19.6. The number of urea groups is 1. The third kappa shape index (κ3) is 6.88. The van der Waals surface area contributed by atoms with Gasteiger partial charge in [0.1, 0.15) is 0 Å². The Bertz CT molecular complexity index is 1110. The highest BCUT2D eigenvalue weighted by Crippen LogP contribution is 2.41. The van der Waals surface area contributed by atoms with Crippen LogP contribution in [0.2, 0.25) is 0 Å². The van der Waals surface area contributed by atoms with Crippen LogP contribution in [0.1, 0.15) is 43.2 Å². The van der Waals surface area contributed by atoms with Crippen LogP contribution in [-0.2, 0) is 9.53 Å². The molecule has 192 valence electrons. The summed E-state index contributed by atoms with van der Waals surface area (Å²) in [5, 5.41) is 23.2. The molecule has 8 nitrogen and oxygen atoms in total. The molecule has 0 radical (unpaired) electrons. The molecule has 2 amide bonds. The minimum absolute atomic E-state index is 0.0640. The van der Waals surface area contributed by atoms with Crippen molar-refractivity contribution in [1.82, 2.24) is 0 Å². The first-order valence-electron chi connectivity index (χ1n) is 11.5. The fourth-order valence-electron chi connectivity index (χ4n) is 4.25. The number of carbonyl (C=O) groups excluding carboxylic acids is 1. The van der Waals surface area contributed by atoms with E-state index in [4.69, 9.17) is 15.1 Å². The maximum Gasteiger partial charge on any atom is 0.396 e. The van der Waals surface area contributed by atoms with Crippen molar-refractivity contribution in [3.05, 3.63) is 53.6 Å². The second-order valence-electron chi connectivity index (χ2n) is 8.37. The van der Waals surface area contributed by atoms with E-state index in [0.717, 1.165) is 12.8 Å². The van der Waals surface area contributed by atoms with Gasteiger partial charge in [0.05, 0.1) is 35.3 Å². The minimum atomic E-state index is -4.78. The summed E-state index contributed by atoms with van der Waals surface area (Å²) in [6.45, 7) is 3.55. The number of carboxylic acids is 1. The minimum Gasteiger partial charge on any atom is -0.481 e. The van der Waals surface area contributed by atoms with Crippen LogP contribution in [0, 0.1) is 11.3 Å². The van der Waals surface area contributed by atoms with Gasteiger partial charge in [-0.1, -0.05) is 6.07 Å². The molecule has 2 aromatic carbocycles. The van der Waals surface area contributed by atoms with Gasteiger partial charge < -0.3 is 25.4 Å². The Morgan fingerprint density at radius 3 is 2.39 bits per heavy atom. The number of hydrogen-bond acceptors (Lipinski definition) is 5. The van der Waals surface area contributed by atoms with E-state index in [1.807, 2.05) is 17.9 Å². The number of aliphatic carboxylic acids is 1. The number of halogens is 3. The van der Waals surface area contributed by atoms with Crippen molar-refractivity contribution in [2.45, 2.75) is 44.3 Å². The topological polar surface area (TPSA) is 115 Å². The zero-order chi connectivity index (χ0) is 26.3. The van der Waals surface area contributed by atoms with Crippen LogP contribution in [0.15, 0.2) is 42.5 Å². The van der Waals surface area contributed by atoms with Crippen molar-refractivity contribution in [1.29, 1.82) is 5.26 Å². The van der Waals surface area contributed by atoms with Gasteiger partial charge >= 0.3 is 18.2 Å². The molecule has 0 bridgehead atoms. The standard InChI is InChI=1S/C25H27F3N4O4/c1-2-32(19-9-11-36-12-10-19)22-8-5-17(20(14-23(33)34)25(26,27)28)13-21(22)31-24(35)30-18-6-3-16(15-29)4-7-18/h3-8,13,19-20H,2,9-12,14H2,1H3,(H,33,34)(H2,30,31,35). The quantitative estimate of drug-likeness (QED) is 0.448. The van der Waals surface area contributed by atoms with E-state index in [-0.39, 0.29) is 17.3 Å². The number of rotatable bonds is 8. The Morgan fingerprint density at radius 1 is 1.17 bits per heavy atom. The molecule has 1 saturated heterocycles. The normalized spacial score (nSPS) is 15.0. The van der Waals surface area contributed by atoms with Gasteiger partial charge in [-0.15, -0.1) is 0 Å². The van der Waals surface area contributed by atoms with Gasteiger partial charge in [0.2, 0.25) is 0 Å². The maximum atomic E-state index is 13.7. The number of anilines is 3. The lowest BCUT2D eigenvalue weighted by atomic mass is 9.93. The number of hydrogen-bond donors (Lipinski definition) is 3. The van der Waals surface area contributed by atoms with Gasteiger partial charge in [0.25, 0.3) is 0 Å². The molecule has 0 aliphatic carbocycles. The number of nitrogens with zero attached hydrogens (tertiary/aromatic N) is 2. The van der Waals surface area contributed by atoms with Crippen molar-refractivity contribution < 1.29 is 32.6 Å². The molecule has 1 aliphatic heterocycles. The zero-order valence-electron chi connectivity index (χ0n) is 19.6. The molecule has 0 aromatic heterocycles. The molecule has 3 rings (SSSR count). The number of alkyl halides is 3. The highest BCUT2D eigenvalue weighted by atomic mass is 19.4. The highest BCUT2D eigenvalue weighted by Gasteiger charge is 2.42. The Hall–Kier alpha value is -3.78. The summed E-state index contributed by atoms with van der Waals surface area (Å²) in [5.74, 6) is -3.81. The van der Waals surface area contributed by atoms with E-state index in [9.17, 15) is 22.8 Å². The summed E-state index contributed by atoms with van der Waals surface area (Å²) in [6.07, 6.45) is -4.47. The van der Waals surface area contributed by atoms with E-state index in [1.54, 1.807) is 0 Å². The Labute approximate surface area is 206 Å². The van der Waals surface area contributed by atoms with E-state index in [0.29, 0.717) is 36.7 Å². The summed E-state index contributed by atoms with van der Waals surface area (Å²) < 4.78 is 46.6. The van der Waals surface area contributed by atoms with Crippen LogP contribution >= 0.6 is 0 Å². The summed E-state index contributed by atoms with van der Waals surface area (Å²) >= 11 is 0. The first-order valence-corrected chi connectivity index (χ1v) is 11.5. The van der Waals surface area contributed by atoms with E-state index in [1.165, 1.54) is 42.5 Å². The number of carbonyl (C=O) groups is 2. The highest BCUT2D eigenvalue weighted by molar-refractivity contribution is 6.02. The van der Waals surface area contributed by atoms with Crippen LogP contribution in [0.5, 0.6) is 0 Å². The van der Waals surface area contributed by atoms with Gasteiger partial charge in [-0.05, 0) is 61.7 Å². The predicted octanol–water partition coefficient (Wildman–Crippen LogP) is 5.33. The number of amides is 2. The molecule has 0 saturated carbocycles. The molecule has 1 atom stereocenters. The molecular weight excluding hydrogens is 477 g/mol. The lowest BCUT2D eigenvalue weighted by Gasteiger charge is -2.36. The lowest BCUT2D eigenvalue weighted by molar-refractivity contribution is -0.163. The number of nitrogens with one attached hydrogen (secondary N) is 2. The monoisotopic (exact) mass is 504 g/mol.